The fourth-order valence-corrected chi connectivity index (χ4v) is 2.35. The molecule has 0 radical (unpaired) electrons. The second-order valence-corrected chi connectivity index (χ2v) is 5.70. The van der Waals surface area contributed by atoms with Gasteiger partial charge in [0.15, 0.2) is 11.5 Å². The van der Waals surface area contributed by atoms with E-state index in [9.17, 15) is 13.6 Å². The van der Waals surface area contributed by atoms with Crippen molar-refractivity contribution in [1.29, 1.82) is 0 Å². The zero-order valence-electron chi connectivity index (χ0n) is 15.1. The van der Waals surface area contributed by atoms with Crippen molar-refractivity contribution in [2.45, 2.75) is 33.0 Å². The number of nitrogens with one attached hydrogen (secondary N) is 1. The molecular weight excluding hydrogens is 378 g/mol. The Balaban J connectivity index is 0.00000364. The molecule has 1 unspecified atom stereocenters. The predicted octanol–water partition coefficient (Wildman–Crippen LogP) is 3.73. The molecule has 5 nitrogen and oxygen atoms in total. The molecule has 148 valence electrons. The molecule has 0 spiro atoms. The number of hydrogen-bond acceptors (Lipinski definition) is 4. The van der Waals surface area contributed by atoms with Crippen LogP contribution in [0.2, 0.25) is 0 Å². The van der Waals surface area contributed by atoms with Gasteiger partial charge in [0.2, 0.25) is 5.91 Å². The highest BCUT2D eigenvalue weighted by Gasteiger charge is 2.16. The lowest BCUT2D eigenvalue weighted by molar-refractivity contribution is -0.122. The van der Waals surface area contributed by atoms with Crippen molar-refractivity contribution in [2.24, 2.45) is 5.73 Å². The molecule has 0 bridgehead atoms. The monoisotopic (exact) mass is 400 g/mol. The summed E-state index contributed by atoms with van der Waals surface area (Å²) in [4.78, 5) is 12.2. The molecule has 8 heteroatoms. The Hall–Kier alpha value is -2.38. The molecule has 2 rings (SSSR count). The lowest BCUT2D eigenvalue weighted by Crippen LogP contribution is -2.33. The Morgan fingerprint density at radius 2 is 1.81 bits per heavy atom. The van der Waals surface area contributed by atoms with E-state index in [0.717, 1.165) is 5.56 Å². The molecule has 0 aromatic heterocycles. The number of halogens is 3. The average molecular weight is 401 g/mol. The van der Waals surface area contributed by atoms with Crippen LogP contribution in [0.1, 0.15) is 29.7 Å². The average Bonchev–Trinajstić information content (AvgIpc) is 2.61. The Kier molecular flexibility index (Phi) is 8.97. The van der Waals surface area contributed by atoms with Crippen LogP contribution in [0.4, 0.5) is 8.78 Å². The summed E-state index contributed by atoms with van der Waals surface area (Å²) in [5.74, 6) is -0.185. The predicted molar refractivity (Wildman–Crippen MR) is 101 cm³/mol. The summed E-state index contributed by atoms with van der Waals surface area (Å²) in [6, 6.07) is 11.1. The van der Waals surface area contributed by atoms with Gasteiger partial charge in [0, 0.05) is 6.54 Å². The van der Waals surface area contributed by atoms with Gasteiger partial charge in [-0.2, -0.15) is 8.78 Å². The largest absolute Gasteiger partial charge is 0.490 e. The zero-order chi connectivity index (χ0) is 19.1. The minimum absolute atomic E-state index is 0. The van der Waals surface area contributed by atoms with Crippen molar-refractivity contribution in [3.05, 3.63) is 59.2 Å². The molecular formula is C19H23ClF2N2O3. The summed E-state index contributed by atoms with van der Waals surface area (Å²) < 4.78 is 34.6. The molecule has 0 saturated carbocycles. The minimum atomic E-state index is -2.94. The standard InChI is InChI=1S/C19H22F2N2O3.ClH/c1-3-25-16-10-13(6-9-15(16)26-19(20)21)11-23-18(24)17(22)14-7-4-12(2)5-8-14;/h4-10,17,19H,3,11,22H2,1-2H3,(H,23,24);1H. The highest BCUT2D eigenvalue weighted by Crippen LogP contribution is 2.30. The van der Waals surface area contributed by atoms with E-state index in [-0.39, 0.29) is 36.4 Å². The van der Waals surface area contributed by atoms with Gasteiger partial charge in [-0.25, -0.2) is 0 Å². The van der Waals surface area contributed by atoms with Crippen molar-refractivity contribution in [1.82, 2.24) is 5.32 Å². The van der Waals surface area contributed by atoms with Crippen molar-refractivity contribution >= 4 is 18.3 Å². The van der Waals surface area contributed by atoms with Crippen molar-refractivity contribution in [3.63, 3.8) is 0 Å². The molecule has 0 heterocycles. The number of carbonyl (C=O) groups excluding carboxylic acids is 1. The van der Waals surface area contributed by atoms with Crippen LogP contribution in [0.3, 0.4) is 0 Å². The van der Waals surface area contributed by atoms with Crippen LogP contribution in [0.25, 0.3) is 0 Å². The molecule has 0 saturated heterocycles. The van der Waals surface area contributed by atoms with Crippen LogP contribution in [0.5, 0.6) is 11.5 Å². The van der Waals surface area contributed by atoms with E-state index in [0.29, 0.717) is 17.7 Å². The maximum absolute atomic E-state index is 12.4. The lowest BCUT2D eigenvalue weighted by atomic mass is 10.1. The van der Waals surface area contributed by atoms with Gasteiger partial charge in [0.1, 0.15) is 6.04 Å². The molecule has 2 aromatic carbocycles. The molecule has 1 atom stereocenters. The van der Waals surface area contributed by atoms with Gasteiger partial charge in [-0.15, -0.1) is 12.4 Å². The van der Waals surface area contributed by atoms with E-state index in [4.69, 9.17) is 10.5 Å². The van der Waals surface area contributed by atoms with Crippen LogP contribution in [0, 0.1) is 6.92 Å². The Morgan fingerprint density at radius 3 is 2.41 bits per heavy atom. The van der Waals surface area contributed by atoms with Crippen molar-refractivity contribution in [3.8, 4) is 11.5 Å². The summed E-state index contributed by atoms with van der Waals surface area (Å²) in [7, 11) is 0. The summed E-state index contributed by atoms with van der Waals surface area (Å²) >= 11 is 0. The van der Waals surface area contributed by atoms with Gasteiger partial charge in [0.25, 0.3) is 0 Å². The first-order valence-electron chi connectivity index (χ1n) is 8.21. The third-order valence-corrected chi connectivity index (χ3v) is 3.71. The van der Waals surface area contributed by atoms with Crippen LogP contribution in [0.15, 0.2) is 42.5 Å². The number of ether oxygens (including phenoxy) is 2. The third kappa shape index (κ3) is 6.69. The van der Waals surface area contributed by atoms with E-state index >= 15 is 0 Å². The second-order valence-electron chi connectivity index (χ2n) is 5.70. The molecule has 0 aliphatic rings. The van der Waals surface area contributed by atoms with Gasteiger partial charge in [0.05, 0.1) is 6.61 Å². The number of carbonyl (C=O) groups is 1. The normalized spacial score (nSPS) is 11.5. The third-order valence-electron chi connectivity index (χ3n) is 3.71. The molecule has 27 heavy (non-hydrogen) atoms. The lowest BCUT2D eigenvalue weighted by Gasteiger charge is -2.15. The zero-order valence-corrected chi connectivity index (χ0v) is 15.9. The highest BCUT2D eigenvalue weighted by atomic mass is 35.5. The summed E-state index contributed by atoms with van der Waals surface area (Å²) in [5, 5.41) is 2.73. The molecule has 0 aliphatic heterocycles. The van der Waals surface area contributed by atoms with Crippen LogP contribution < -0.4 is 20.5 Å². The number of amides is 1. The topological polar surface area (TPSA) is 73.6 Å². The van der Waals surface area contributed by atoms with Gasteiger partial charge in [-0.05, 0) is 37.1 Å². The Bertz CT molecular complexity index is 742. The number of benzene rings is 2. The molecule has 2 aromatic rings. The van der Waals surface area contributed by atoms with Crippen molar-refractivity contribution < 1.29 is 23.0 Å². The van der Waals surface area contributed by atoms with Crippen molar-refractivity contribution in [2.75, 3.05) is 6.61 Å². The van der Waals surface area contributed by atoms with E-state index in [1.807, 2.05) is 31.2 Å². The number of nitrogens with two attached hydrogens (primary N) is 1. The maximum atomic E-state index is 12.4. The quantitative estimate of drug-likeness (QED) is 0.708. The number of aryl methyl sites for hydroxylation is 1. The van der Waals surface area contributed by atoms with E-state index in [1.165, 1.54) is 6.07 Å². The van der Waals surface area contributed by atoms with Gasteiger partial charge in [-0.3, -0.25) is 4.79 Å². The van der Waals surface area contributed by atoms with Crippen LogP contribution >= 0.6 is 12.4 Å². The molecule has 3 N–H and O–H groups in total. The highest BCUT2D eigenvalue weighted by molar-refractivity contribution is 5.85. The van der Waals surface area contributed by atoms with Gasteiger partial charge >= 0.3 is 6.61 Å². The molecule has 1 amide bonds. The summed E-state index contributed by atoms with van der Waals surface area (Å²) in [6.07, 6.45) is 0. The Morgan fingerprint density at radius 1 is 1.15 bits per heavy atom. The maximum Gasteiger partial charge on any atom is 0.387 e. The summed E-state index contributed by atoms with van der Waals surface area (Å²) in [6.45, 7) is 1.24. The van der Waals surface area contributed by atoms with E-state index in [2.05, 4.69) is 10.1 Å². The van der Waals surface area contributed by atoms with E-state index in [1.54, 1.807) is 19.1 Å². The first-order chi connectivity index (χ1) is 12.4. The van der Waals surface area contributed by atoms with Gasteiger partial charge < -0.3 is 20.5 Å². The first-order valence-corrected chi connectivity index (χ1v) is 8.21. The fraction of sp³-hybridized carbons (Fsp3) is 0.316. The van der Waals surface area contributed by atoms with Crippen LogP contribution in [-0.4, -0.2) is 19.1 Å². The van der Waals surface area contributed by atoms with E-state index < -0.39 is 12.7 Å². The Labute approximate surface area is 163 Å². The number of alkyl halides is 2. The van der Waals surface area contributed by atoms with Gasteiger partial charge in [-0.1, -0.05) is 35.9 Å². The number of rotatable bonds is 8. The summed E-state index contributed by atoms with van der Waals surface area (Å²) in [5.41, 5.74) is 8.44. The smallest absolute Gasteiger partial charge is 0.387 e. The number of hydrogen-bond donors (Lipinski definition) is 2. The molecule has 0 fully saturated rings. The molecule has 0 aliphatic carbocycles. The SMILES string of the molecule is CCOc1cc(CNC(=O)C(N)c2ccc(C)cc2)ccc1OC(F)F.Cl. The fourth-order valence-electron chi connectivity index (χ4n) is 2.35. The first kappa shape index (κ1) is 22.7. The second kappa shape index (κ2) is 10.7. The minimum Gasteiger partial charge on any atom is -0.490 e. The van der Waals surface area contributed by atoms with Crippen LogP contribution in [-0.2, 0) is 11.3 Å².